The second-order valence-electron chi connectivity index (χ2n) is 6.31. The standard InChI is InChI=1S/C24H16Si/c1-3-9-17(10-4-1)19-15-16-22-24(20-13-7-8-14-21(20)25-22)23(19)18-11-5-2-6-12-18/h1-16H. The zero-order chi connectivity index (χ0) is 16.6. The number of hydrogen-bond acceptors (Lipinski definition) is 0. The highest BCUT2D eigenvalue weighted by atomic mass is 28.2. The van der Waals surface area contributed by atoms with E-state index in [4.69, 9.17) is 0 Å². The Morgan fingerprint density at radius 3 is 1.80 bits per heavy atom. The second kappa shape index (κ2) is 5.87. The number of fused-ring (bicyclic) bond motifs is 3. The molecule has 0 atom stereocenters. The van der Waals surface area contributed by atoms with E-state index in [0.717, 1.165) is 9.52 Å². The molecule has 0 saturated carbocycles. The second-order valence-corrected chi connectivity index (χ2v) is 7.64. The molecule has 0 aromatic heterocycles. The number of benzene rings is 4. The molecule has 1 aliphatic heterocycles. The summed E-state index contributed by atoms with van der Waals surface area (Å²) in [5.74, 6) is 0. The average molecular weight is 332 g/mol. The molecule has 0 aliphatic carbocycles. The molecule has 0 amide bonds. The number of hydrogen-bond donors (Lipinski definition) is 0. The van der Waals surface area contributed by atoms with Crippen molar-refractivity contribution in [2.45, 2.75) is 0 Å². The molecule has 0 spiro atoms. The van der Waals surface area contributed by atoms with Gasteiger partial charge in [-0.1, -0.05) is 102 Å². The van der Waals surface area contributed by atoms with Crippen molar-refractivity contribution in [1.29, 1.82) is 0 Å². The molecule has 4 aromatic rings. The van der Waals surface area contributed by atoms with E-state index in [9.17, 15) is 0 Å². The maximum atomic E-state index is 2.32. The molecule has 5 rings (SSSR count). The summed E-state index contributed by atoms with van der Waals surface area (Å²) in [5, 5.41) is 2.92. The first kappa shape index (κ1) is 14.4. The Kier molecular flexibility index (Phi) is 3.39. The van der Waals surface area contributed by atoms with E-state index in [1.807, 2.05) is 0 Å². The maximum Gasteiger partial charge on any atom is 0.123 e. The van der Waals surface area contributed by atoms with Crippen LogP contribution in [0.25, 0.3) is 33.4 Å². The van der Waals surface area contributed by atoms with Crippen LogP contribution in [0.2, 0.25) is 0 Å². The SMILES string of the molecule is c1ccc(-c2ccc3c(c2-c2ccccc2)-c2ccccc2[Si]3)cc1. The van der Waals surface area contributed by atoms with Gasteiger partial charge in [0.15, 0.2) is 0 Å². The molecule has 0 fully saturated rings. The van der Waals surface area contributed by atoms with E-state index in [0.29, 0.717) is 0 Å². The van der Waals surface area contributed by atoms with E-state index < -0.39 is 0 Å². The van der Waals surface area contributed by atoms with Crippen molar-refractivity contribution < 1.29 is 0 Å². The molecule has 1 heteroatoms. The van der Waals surface area contributed by atoms with Crippen LogP contribution >= 0.6 is 0 Å². The third-order valence-corrected chi connectivity index (χ3v) is 6.21. The van der Waals surface area contributed by atoms with Crippen LogP contribution in [0.4, 0.5) is 0 Å². The van der Waals surface area contributed by atoms with Crippen LogP contribution in [-0.2, 0) is 0 Å². The minimum atomic E-state index is 0.746. The van der Waals surface area contributed by atoms with E-state index in [-0.39, 0.29) is 0 Å². The quantitative estimate of drug-likeness (QED) is 0.413. The van der Waals surface area contributed by atoms with Gasteiger partial charge in [-0.05, 0) is 38.6 Å². The van der Waals surface area contributed by atoms with Crippen LogP contribution < -0.4 is 10.4 Å². The maximum absolute atomic E-state index is 2.32. The lowest BCUT2D eigenvalue weighted by molar-refractivity contribution is 1.59. The molecule has 1 aliphatic rings. The fraction of sp³-hybridized carbons (Fsp3) is 0. The largest absolute Gasteiger partial charge is 0.123 e. The molecule has 2 radical (unpaired) electrons. The van der Waals surface area contributed by atoms with Crippen molar-refractivity contribution in [3.05, 3.63) is 97.1 Å². The first-order valence-electron chi connectivity index (χ1n) is 8.56. The highest BCUT2D eigenvalue weighted by Crippen LogP contribution is 2.39. The summed E-state index contributed by atoms with van der Waals surface area (Å²) in [6, 6.07) is 35.0. The topological polar surface area (TPSA) is 0 Å². The third kappa shape index (κ3) is 2.36. The Morgan fingerprint density at radius 1 is 0.400 bits per heavy atom. The summed E-state index contributed by atoms with van der Waals surface area (Å²) >= 11 is 0. The summed E-state index contributed by atoms with van der Waals surface area (Å²) in [4.78, 5) is 0. The Balaban J connectivity index is 1.87. The van der Waals surface area contributed by atoms with Gasteiger partial charge in [0, 0.05) is 0 Å². The van der Waals surface area contributed by atoms with Crippen molar-refractivity contribution in [3.63, 3.8) is 0 Å². The van der Waals surface area contributed by atoms with E-state index in [1.54, 1.807) is 0 Å². The normalized spacial score (nSPS) is 11.8. The van der Waals surface area contributed by atoms with Gasteiger partial charge in [-0.2, -0.15) is 0 Å². The van der Waals surface area contributed by atoms with Crippen molar-refractivity contribution in [3.8, 4) is 33.4 Å². The minimum Gasteiger partial charge on any atom is -0.0625 e. The van der Waals surface area contributed by atoms with E-state index in [2.05, 4.69) is 97.1 Å². The highest BCUT2D eigenvalue weighted by molar-refractivity contribution is 6.73. The average Bonchev–Trinajstić information content (AvgIpc) is 3.07. The van der Waals surface area contributed by atoms with Crippen LogP contribution in [0, 0.1) is 0 Å². The zero-order valence-electron chi connectivity index (χ0n) is 13.7. The van der Waals surface area contributed by atoms with Crippen LogP contribution in [0.3, 0.4) is 0 Å². The molecule has 0 bridgehead atoms. The molecule has 25 heavy (non-hydrogen) atoms. The summed E-state index contributed by atoms with van der Waals surface area (Å²) in [6.45, 7) is 0. The van der Waals surface area contributed by atoms with Gasteiger partial charge in [0.05, 0.1) is 0 Å². The Bertz CT molecular complexity index is 1050. The zero-order valence-corrected chi connectivity index (χ0v) is 14.7. The van der Waals surface area contributed by atoms with Crippen LogP contribution in [0.1, 0.15) is 0 Å². The van der Waals surface area contributed by atoms with E-state index >= 15 is 0 Å². The minimum absolute atomic E-state index is 0.746. The lowest BCUT2D eigenvalue weighted by atomic mass is 9.88. The molecule has 0 unspecified atom stereocenters. The smallest absolute Gasteiger partial charge is 0.0625 e. The highest BCUT2D eigenvalue weighted by Gasteiger charge is 2.24. The lowest BCUT2D eigenvalue weighted by Crippen LogP contribution is -2.20. The molecule has 1 heterocycles. The van der Waals surface area contributed by atoms with Gasteiger partial charge in [-0.3, -0.25) is 0 Å². The summed E-state index contributed by atoms with van der Waals surface area (Å²) in [7, 11) is 0.746. The molecule has 0 saturated heterocycles. The summed E-state index contributed by atoms with van der Waals surface area (Å²) in [6.07, 6.45) is 0. The molecular formula is C24H16Si. The van der Waals surface area contributed by atoms with Gasteiger partial charge < -0.3 is 0 Å². The molecule has 0 N–H and O–H groups in total. The van der Waals surface area contributed by atoms with Gasteiger partial charge in [-0.15, -0.1) is 0 Å². The molecular weight excluding hydrogens is 316 g/mol. The fourth-order valence-corrected chi connectivity index (χ4v) is 5.07. The Hall–Kier alpha value is -2.90. The van der Waals surface area contributed by atoms with Crippen molar-refractivity contribution in [2.24, 2.45) is 0 Å². The lowest BCUT2D eigenvalue weighted by Gasteiger charge is -2.16. The van der Waals surface area contributed by atoms with Gasteiger partial charge in [0.25, 0.3) is 0 Å². The van der Waals surface area contributed by atoms with Crippen LogP contribution in [0.5, 0.6) is 0 Å². The summed E-state index contributed by atoms with van der Waals surface area (Å²) < 4.78 is 0. The summed E-state index contributed by atoms with van der Waals surface area (Å²) in [5.41, 5.74) is 8.05. The third-order valence-electron chi connectivity index (χ3n) is 4.82. The predicted molar refractivity (Wildman–Crippen MR) is 108 cm³/mol. The monoisotopic (exact) mass is 332 g/mol. The number of rotatable bonds is 2. The first-order chi connectivity index (χ1) is 12.4. The van der Waals surface area contributed by atoms with Crippen molar-refractivity contribution >= 4 is 19.9 Å². The first-order valence-corrected chi connectivity index (χ1v) is 9.56. The van der Waals surface area contributed by atoms with Gasteiger partial charge >= 0.3 is 0 Å². The van der Waals surface area contributed by atoms with Gasteiger partial charge in [0.1, 0.15) is 9.52 Å². The van der Waals surface area contributed by atoms with Crippen molar-refractivity contribution in [2.75, 3.05) is 0 Å². The van der Waals surface area contributed by atoms with E-state index in [1.165, 1.54) is 43.8 Å². The molecule has 0 nitrogen and oxygen atoms in total. The van der Waals surface area contributed by atoms with Gasteiger partial charge in [0.2, 0.25) is 0 Å². The van der Waals surface area contributed by atoms with Crippen LogP contribution in [-0.4, -0.2) is 9.52 Å². The van der Waals surface area contributed by atoms with Gasteiger partial charge in [-0.25, -0.2) is 0 Å². The predicted octanol–water partition coefficient (Wildman–Crippen LogP) is 4.66. The molecule has 116 valence electrons. The van der Waals surface area contributed by atoms with Crippen molar-refractivity contribution in [1.82, 2.24) is 0 Å². The Morgan fingerprint density at radius 2 is 1.04 bits per heavy atom. The molecule has 4 aromatic carbocycles. The Labute approximate surface area is 150 Å². The van der Waals surface area contributed by atoms with Crippen LogP contribution in [0.15, 0.2) is 97.1 Å². The fourth-order valence-electron chi connectivity index (χ4n) is 3.70.